The predicted molar refractivity (Wildman–Crippen MR) is 98.1 cm³/mol. The zero-order chi connectivity index (χ0) is 19.4. The van der Waals surface area contributed by atoms with Gasteiger partial charge in [0.2, 0.25) is 5.91 Å². The van der Waals surface area contributed by atoms with Gasteiger partial charge in [-0.25, -0.2) is 18.7 Å². The lowest BCUT2D eigenvalue weighted by Gasteiger charge is -2.13. The highest BCUT2D eigenvalue weighted by Crippen LogP contribution is 2.30. The number of hydrogen-bond donors (Lipinski definition) is 2. The summed E-state index contributed by atoms with van der Waals surface area (Å²) in [5.41, 5.74) is 1.88. The number of halogens is 2. The monoisotopic (exact) mass is 372 g/mol. The maximum atomic E-state index is 13.6. The van der Waals surface area contributed by atoms with Gasteiger partial charge in [-0.05, 0) is 18.2 Å². The first kappa shape index (κ1) is 18.4. The molecule has 0 aromatic carbocycles. The van der Waals surface area contributed by atoms with Crippen LogP contribution in [0.2, 0.25) is 0 Å². The zero-order valence-corrected chi connectivity index (χ0v) is 14.8. The SMILES string of the molecule is CC(=O)Nc1cc(Nc2cccc(C(F)CF)n2)c(-c2ccn(C)n2)cn1. The summed E-state index contributed by atoms with van der Waals surface area (Å²) in [5.74, 6) is 0.413. The number of aromatic nitrogens is 4. The maximum absolute atomic E-state index is 13.6. The smallest absolute Gasteiger partial charge is 0.222 e. The van der Waals surface area contributed by atoms with Gasteiger partial charge in [0, 0.05) is 38.0 Å². The summed E-state index contributed by atoms with van der Waals surface area (Å²) in [6.07, 6.45) is 1.57. The standard InChI is InChI=1S/C18H18F2N6O/c1-11(27)22-18-8-16(12(10-21-18)14-6-7-26(2)25-14)24-17-5-3-4-15(23-17)13(20)9-19/h3-8,10,13H,9H2,1-2H3,(H2,21,22,23,24,27). The molecule has 1 unspecified atom stereocenters. The number of anilines is 3. The fourth-order valence-electron chi connectivity index (χ4n) is 2.48. The molecule has 0 spiro atoms. The van der Waals surface area contributed by atoms with Crippen molar-refractivity contribution < 1.29 is 13.6 Å². The van der Waals surface area contributed by atoms with Crippen LogP contribution in [0.3, 0.4) is 0 Å². The molecule has 0 aliphatic carbocycles. The van der Waals surface area contributed by atoms with E-state index in [1.54, 1.807) is 42.3 Å². The normalized spacial score (nSPS) is 11.9. The molecule has 0 fully saturated rings. The van der Waals surface area contributed by atoms with Gasteiger partial charge in [-0.2, -0.15) is 5.10 Å². The Balaban J connectivity index is 2.00. The van der Waals surface area contributed by atoms with E-state index in [4.69, 9.17) is 0 Å². The number of nitrogens with one attached hydrogen (secondary N) is 2. The van der Waals surface area contributed by atoms with E-state index in [9.17, 15) is 13.6 Å². The summed E-state index contributed by atoms with van der Waals surface area (Å²) in [5, 5.41) is 10.0. The Kier molecular flexibility index (Phi) is 5.39. The van der Waals surface area contributed by atoms with Gasteiger partial charge in [0.05, 0.1) is 17.1 Å². The van der Waals surface area contributed by atoms with Crippen LogP contribution in [0.4, 0.5) is 26.1 Å². The Bertz CT molecular complexity index is 959. The van der Waals surface area contributed by atoms with Gasteiger partial charge in [0.25, 0.3) is 0 Å². The summed E-state index contributed by atoms with van der Waals surface area (Å²) >= 11 is 0. The van der Waals surface area contributed by atoms with Crippen LogP contribution in [0.15, 0.2) is 42.7 Å². The molecule has 140 valence electrons. The molecule has 9 heteroatoms. The van der Waals surface area contributed by atoms with Crippen molar-refractivity contribution in [2.24, 2.45) is 7.05 Å². The molecule has 0 bridgehead atoms. The van der Waals surface area contributed by atoms with E-state index in [0.717, 1.165) is 0 Å². The number of rotatable bonds is 6. The van der Waals surface area contributed by atoms with E-state index in [2.05, 4.69) is 25.7 Å². The molecule has 27 heavy (non-hydrogen) atoms. The lowest BCUT2D eigenvalue weighted by Crippen LogP contribution is -2.08. The van der Waals surface area contributed by atoms with Crippen molar-refractivity contribution in [2.45, 2.75) is 13.1 Å². The fourth-order valence-corrected chi connectivity index (χ4v) is 2.48. The van der Waals surface area contributed by atoms with Crippen LogP contribution in [0.5, 0.6) is 0 Å². The van der Waals surface area contributed by atoms with Crippen LogP contribution in [0, 0.1) is 0 Å². The predicted octanol–water partition coefficient (Wildman–Crippen LogP) is 3.56. The van der Waals surface area contributed by atoms with E-state index >= 15 is 0 Å². The average Bonchev–Trinajstić information content (AvgIpc) is 3.07. The Morgan fingerprint density at radius 1 is 1.30 bits per heavy atom. The van der Waals surface area contributed by atoms with Gasteiger partial charge < -0.3 is 10.6 Å². The fraction of sp³-hybridized carbons (Fsp3) is 0.222. The zero-order valence-electron chi connectivity index (χ0n) is 14.8. The van der Waals surface area contributed by atoms with Crippen molar-refractivity contribution in [2.75, 3.05) is 17.3 Å². The summed E-state index contributed by atoms with van der Waals surface area (Å²) in [6, 6.07) is 8.08. The third-order valence-corrected chi connectivity index (χ3v) is 3.69. The van der Waals surface area contributed by atoms with Crippen LogP contribution in [0.25, 0.3) is 11.3 Å². The quantitative estimate of drug-likeness (QED) is 0.691. The Morgan fingerprint density at radius 3 is 2.78 bits per heavy atom. The summed E-state index contributed by atoms with van der Waals surface area (Å²) in [6.45, 7) is 0.238. The highest BCUT2D eigenvalue weighted by Gasteiger charge is 2.14. The lowest BCUT2D eigenvalue weighted by atomic mass is 10.1. The minimum Gasteiger partial charge on any atom is -0.340 e. The van der Waals surface area contributed by atoms with Gasteiger partial charge >= 0.3 is 0 Å². The van der Waals surface area contributed by atoms with Gasteiger partial charge in [-0.15, -0.1) is 0 Å². The third kappa shape index (κ3) is 4.43. The molecule has 3 heterocycles. The highest BCUT2D eigenvalue weighted by molar-refractivity contribution is 5.89. The molecular formula is C18H18F2N6O. The molecule has 3 aromatic heterocycles. The number of hydrogen-bond acceptors (Lipinski definition) is 5. The van der Waals surface area contributed by atoms with Crippen LogP contribution < -0.4 is 10.6 Å². The van der Waals surface area contributed by atoms with Crippen molar-refractivity contribution in [1.29, 1.82) is 0 Å². The minimum absolute atomic E-state index is 0.00183. The van der Waals surface area contributed by atoms with Crippen LogP contribution in [-0.2, 0) is 11.8 Å². The number of carbonyl (C=O) groups is 1. The highest BCUT2D eigenvalue weighted by atomic mass is 19.2. The van der Waals surface area contributed by atoms with Gasteiger partial charge in [0.1, 0.15) is 18.3 Å². The maximum Gasteiger partial charge on any atom is 0.222 e. The Morgan fingerprint density at radius 2 is 2.11 bits per heavy atom. The van der Waals surface area contributed by atoms with Crippen LogP contribution in [0.1, 0.15) is 18.8 Å². The van der Waals surface area contributed by atoms with Gasteiger partial charge in [-0.1, -0.05) is 6.07 Å². The molecule has 0 aliphatic rings. The molecule has 0 radical (unpaired) electrons. The summed E-state index contributed by atoms with van der Waals surface area (Å²) in [7, 11) is 1.79. The van der Waals surface area contributed by atoms with E-state index in [-0.39, 0.29) is 11.6 Å². The molecule has 0 saturated carbocycles. The number of pyridine rings is 2. The van der Waals surface area contributed by atoms with Gasteiger partial charge in [-0.3, -0.25) is 9.48 Å². The van der Waals surface area contributed by atoms with E-state index < -0.39 is 12.8 Å². The number of amides is 1. The van der Waals surface area contributed by atoms with Crippen molar-refractivity contribution in [3.05, 3.63) is 48.4 Å². The molecular weight excluding hydrogens is 354 g/mol. The van der Waals surface area contributed by atoms with Gasteiger partial charge in [0.15, 0.2) is 6.17 Å². The molecule has 3 aromatic rings. The van der Waals surface area contributed by atoms with E-state index in [1.165, 1.54) is 13.0 Å². The Labute approximate surface area is 154 Å². The molecule has 0 saturated heterocycles. The largest absolute Gasteiger partial charge is 0.340 e. The van der Waals surface area contributed by atoms with Crippen molar-refractivity contribution in [3.8, 4) is 11.3 Å². The van der Waals surface area contributed by atoms with E-state index in [1.807, 2.05) is 6.07 Å². The first-order valence-electron chi connectivity index (χ1n) is 8.18. The van der Waals surface area contributed by atoms with Crippen molar-refractivity contribution in [3.63, 3.8) is 0 Å². The third-order valence-electron chi connectivity index (χ3n) is 3.69. The topological polar surface area (TPSA) is 84.7 Å². The molecule has 7 nitrogen and oxygen atoms in total. The van der Waals surface area contributed by atoms with E-state index in [0.29, 0.717) is 28.6 Å². The van der Waals surface area contributed by atoms with Crippen LogP contribution in [-0.4, -0.2) is 32.3 Å². The first-order valence-corrected chi connectivity index (χ1v) is 8.18. The first-order chi connectivity index (χ1) is 13.0. The van der Waals surface area contributed by atoms with Crippen LogP contribution >= 0.6 is 0 Å². The number of aryl methyl sites for hydroxylation is 1. The molecule has 0 aliphatic heterocycles. The molecule has 2 N–H and O–H groups in total. The molecule has 1 amide bonds. The van der Waals surface area contributed by atoms with Crippen molar-refractivity contribution >= 4 is 23.2 Å². The number of carbonyl (C=O) groups excluding carboxylic acids is 1. The number of alkyl halides is 2. The lowest BCUT2D eigenvalue weighted by molar-refractivity contribution is -0.114. The summed E-state index contributed by atoms with van der Waals surface area (Å²) in [4.78, 5) is 19.6. The Hall–Kier alpha value is -3.36. The minimum atomic E-state index is -1.78. The molecule has 3 rings (SSSR count). The summed E-state index contributed by atoms with van der Waals surface area (Å²) < 4.78 is 27.8. The average molecular weight is 372 g/mol. The second-order valence-corrected chi connectivity index (χ2v) is 5.87. The molecule has 1 atom stereocenters. The number of nitrogens with zero attached hydrogens (tertiary/aromatic N) is 4. The second-order valence-electron chi connectivity index (χ2n) is 5.87. The van der Waals surface area contributed by atoms with Crippen molar-refractivity contribution in [1.82, 2.24) is 19.7 Å². The second kappa shape index (κ2) is 7.90.